The van der Waals surface area contributed by atoms with Gasteiger partial charge in [-0.05, 0) is 56.7 Å². The molecule has 0 N–H and O–H groups in total. The molecule has 7 heteroatoms. The first-order valence-corrected chi connectivity index (χ1v) is 11.8. The molecule has 33 heavy (non-hydrogen) atoms. The van der Waals surface area contributed by atoms with Gasteiger partial charge in [-0.15, -0.1) is 0 Å². The molecule has 0 fully saturated rings. The maximum atomic E-state index is 13.3. The van der Waals surface area contributed by atoms with Crippen molar-refractivity contribution >= 4 is 33.0 Å². The molecule has 0 aliphatic heterocycles. The molecule has 0 radical (unpaired) electrons. The van der Waals surface area contributed by atoms with E-state index in [-0.39, 0.29) is 5.56 Å². The number of rotatable bonds is 7. The minimum Gasteiger partial charge on any atom is -0.497 e. The Morgan fingerprint density at radius 3 is 2.73 bits per heavy atom. The van der Waals surface area contributed by atoms with E-state index in [9.17, 15) is 4.79 Å². The lowest BCUT2D eigenvalue weighted by atomic mass is 10.2. The highest BCUT2D eigenvalue weighted by Crippen LogP contribution is 2.23. The lowest BCUT2D eigenvalue weighted by Crippen LogP contribution is -2.22. The van der Waals surface area contributed by atoms with E-state index in [2.05, 4.69) is 45.5 Å². The molecule has 0 aliphatic carbocycles. The molecule has 2 heterocycles. The molecule has 0 saturated heterocycles. The summed E-state index contributed by atoms with van der Waals surface area (Å²) in [5.74, 6) is 1.48. The second kappa shape index (κ2) is 9.75. The van der Waals surface area contributed by atoms with Gasteiger partial charge in [0, 0.05) is 39.6 Å². The summed E-state index contributed by atoms with van der Waals surface area (Å²) in [5.41, 5.74) is 4.59. The molecule has 4 aromatic rings. The third kappa shape index (κ3) is 4.64. The summed E-state index contributed by atoms with van der Waals surface area (Å²) in [5, 5.41) is 5.16. The van der Waals surface area contributed by atoms with E-state index in [0.29, 0.717) is 23.1 Å². The van der Waals surface area contributed by atoms with Crippen LogP contribution in [0.2, 0.25) is 0 Å². The second-order valence-electron chi connectivity index (χ2n) is 8.02. The van der Waals surface area contributed by atoms with Crippen molar-refractivity contribution in [2.75, 3.05) is 7.11 Å². The van der Waals surface area contributed by atoms with Crippen LogP contribution in [0, 0.1) is 13.8 Å². The lowest BCUT2D eigenvalue weighted by Gasteiger charge is -2.11. The zero-order valence-electron chi connectivity index (χ0n) is 19.3. The number of halogens is 1. The first-order chi connectivity index (χ1) is 15.9. The van der Waals surface area contributed by atoms with Crippen LogP contribution in [0.15, 0.2) is 62.9 Å². The number of hydrogen-bond acceptors (Lipinski definition) is 4. The van der Waals surface area contributed by atoms with Crippen molar-refractivity contribution in [2.45, 2.75) is 40.0 Å². The summed E-state index contributed by atoms with van der Waals surface area (Å²) >= 11 is 3.45. The topological polar surface area (TPSA) is 61.4 Å². The van der Waals surface area contributed by atoms with E-state index < -0.39 is 0 Å². The van der Waals surface area contributed by atoms with Gasteiger partial charge < -0.3 is 9.30 Å². The van der Waals surface area contributed by atoms with E-state index in [0.717, 1.165) is 45.7 Å². The Balaban J connectivity index is 1.80. The molecule has 0 atom stereocenters. The molecule has 0 bridgehead atoms. The summed E-state index contributed by atoms with van der Waals surface area (Å²) in [6.07, 6.45) is 4.40. The van der Waals surface area contributed by atoms with Gasteiger partial charge in [-0.1, -0.05) is 35.3 Å². The Morgan fingerprint density at radius 2 is 1.97 bits per heavy atom. The van der Waals surface area contributed by atoms with E-state index >= 15 is 0 Å². The van der Waals surface area contributed by atoms with Crippen LogP contribution in [-0.2, 0) is 6.42 Å². The summed E-state index contributed by atoms with van der Waals surface area (Å²) in [7, 11) is 1.66. The van der Waals surface area contributed by atoms with E-state index in [1.165, 1.54) is 4.68 Å². The smallest absolute Gasteiger partial charge is 0.282 e. The molecule has 2 aromatic carbocycles. The molecule has 0 spiro atoms. The van der Waals surface area contributed by atoms with Gasteiger partial charge in [-0.2, -0.15) is 9.78 Å². The van der Waals surface area contributed by atoms with Crippen molar-refractivity contribution in [3.05, 3.63) is 86.1 Å². The Bertz CT molecular complexity index is 1400. The number of aryl methyl sites for hydroxylation is 2. The fraction of sp³-hybridized carbons (Fsp3) is 0.269. The molecule has 0 saturated carbocycles. The fourth-order valence-electron chi connectivity index (χ4n) is 4.00. The Labute approximate surface area is 201 Å². The Hall–Kier alpha value is -3.19. The maximum Gasteiger partial charge on any atom is 0.282 e. The van der Waals surface area contributed by atoms with Crippen LogP contribution in [0.4, 0.5) is 0 Å². The maximum absolute atomic E-state index is 13.3. The monoisotopic (exact) mass is 506 g/mol. The number of benzene rings is 2. The Morgan fingerprint density at radius 1 is 1.15 bits per heavy atom. The zero-order valence-corrected chi connectivity index (χ0v) is 20.9. The molecular formula is C26H27BrN4O2. The fourth-order valence-corrected chi connectivity index (χ4v) is 4.36. The third-order valence-corrected chi connectivity index (χ3v) is 6.22. The minimum atomic E-state index is -0.162. The highest BCUT2D eigenvalue weighted by molar-refractivity contribution is 9.10. The van der Waals surface area contributed by atoms with Crippen LogP contribution >= 0.6 is 15.9 Å². The van der Waals surface area contributed by atoms with Crippen molar-refractivity contribution in [1.82, 2.24) is 14.2 Å². The number of unbranched alkanes of at least 4 members (excludes halogenated alkanes) is 1. The van der Waals surface area contributed by atoms with Crippen LogP contribution in [0.1, 0.15) is 42.5 Å². The van der Waals surface area contributed by atoms with Crippen LogP contribution in [-0.4, -0.2) is 27.6 Å². The zero-order chi connectivity index (χ0) is 23.5. The van der Waals surface area contributed by atoms with Gasteiger partial charge in [-0.3, -0.25) is 4.79 Å². The number of aromatic nitrogens is 3. The summed E-state index contributed by atoms with van der Waals surface area (Å²) < 4.78 is 9.82. The summed E-state index contributed by atoms with van der Waals surface area (Å²) in [6, 6.07) is 15.6. The van der Waals surface area contributed by atoms with Gasteiger partial charge in [0.1, 0.15) is 11.6 Å². The van der Waals surface area contributed by atoms with Crippen LogP contribution < -0.4 is 10.3 Å². The molecule has 2 aromatic heterocycles. The predicted molar refractivity (Wildman–Crippen MR) is 137 cm³/mol. The highest BCUT2D eigenvalue weighted by Gasteiger charge is 2.13. The SMILES string of the molecule is CCCCc1nc2ccc(Br)cc2c(=O)n1N=Cc1cc(C)n(-c2cccc(OC)c2)c1C. The average Bonchev–Trinajstić information content (AvgIpc) is 3.10. The van der Waals surface area contributed by atoms with Crippen LogP contribution in [0.5, 0.6) is 5.75 Å². The first-order valence-electron chi connectivity index (χ1n) is 11.0. The van der Waals surface area contributed by atoms with Crippen molar-refractivity contribution < 1.29 is 4.74 Å². The lowest BCUT2D eigenvalue weighted by molar-refractivity contribution is 0.414. The van der Waals surface area contributed by atoms with Gasteiger partial charge >= 0.3 is 0 Å². The standard InChI is InChI=1S/C26H27BrN4O2/c1-5-6-10-25-29-24-12-11-20(27)14-23(24)26(32)31(25)28-16-19-13-17(2)30(18(19)3)21-8-7-9-22(15-21)33-4/h7-9,11-16H,5-6,10H2,1-4H3. The quantitative estimate of drug-likeness (QED) is 0.297. The van der Waals surface area contributed by atoms with Crippen molar-refractivity contribution in [2.24, 2.45) is 5.10 Å². The normalized spacial score (nSPS) is 11.5. The second-order valence-corrected chi connectivity index (χ2v) is 8.93. The molecule has 170 valence electrons. The average molecular weight is 507 g/mol. The molecule has 4 rings (SSSR count). The number of hydrogen-bond donors (Lipinski definition) is 0. The molecule has 0 amide bonds. The number of ether oxygens (including phenoxy) is 1. The van der Waals surface area contributed by atoms with Gasteiger partial charge in [-0.25, -0.2) is 4.98 Å². The first kappa shape index (κ1) is 23.0. The minimum absolute atomic E-state index is 0.162. The van der Waals surface area contributed by atoms with Crippen molar-refractivity contribution in [3.8, 4) is 11.4 Å². The number of fused-ring (bicyclic) bond motifs is 1. The highest BCUT2D eigenvalue weighted by atomic mass is 79.9. The molecule has 0 aliphatic rings. The van der Waals surface area contributed by atoms with Gasteiger partial charge in [0.2, 0.25) is 0 Å². The molecule has 0 unspecified atom stereocenters. The molecular weight excluding hydrogens is 480 g/mol. The van der Waals surface area contributed by atoms with Gasteiger partial charge in [0.05, 0.1) is 24.2 Å². The Kier molecular flexibility index (Phi) is 6.79. The number of methoxy groups -OCH3 is 1. The van der Waals surface area contributed by atoms with Gasteiger partial charge in [0.25, 0.3) is 5.56 Å². The predicted octanol–water partition coefficient (Wildman–Crippen LogP) is 5.80. The summed E-state index contributed by atoms with van der Waals surface area (Å²) in [6.45, 7) is 6.22. The summed E-state index contributed by atoms with van der Waals surface area (Å²) in [4.78, 5) is 18.1. The van der Waals surface area contributed by atoms with Crippen molar-refractivity contribution in [3.63, 3.8) is 0 Å². The van der Waals surface area contributed by atoms with E-state index in [1.807, 2.05) is 43.3 Å². The third-order valence-electron chi connectivity index (χ3n) is 5.72. The van der Waals surface area contributed by atoms with Crippen LogP contribution in [0.25, 0.3) is 16.6 Å². The van der Waals surface area contributed by atoms with Crippen LogP contribution in [0.3, 0.4) is 0 Å². The van der Waals surface area contributed by atoms with Crippen molar-refractivity contribution in [1.29, 1.82) is 0 Å². The largest absolute Gasteiger partial charge is 0.497 e. The van der Waals surface area contributed by atoms with Gasteiger partial charge in [0.15, 0.2) is 0 Å². The van der Waals surface area contributed by atoms with E-state index in [4.69, 9.17) is 9.72 Å². The van der Waals surface area contributed by atoms with E-state index in [1.54, 1.807) is 19.4 Å². The number of nitrogens with zero attached hydrogens (tertiary/aromatic N) is 4. The molecule has 6 nitrogen and oxygen atoms in total.